The van der Waals surface area contributed by atoms with Crippen LogP contribution in [-0.4, -0.2) is 6.54 Å². The van der Waals surface area contributed by atoms with Gasteiger partial charge in [-0.2, -0.15) is 5.26 Å². The molecule has 0 unspecified atom stereocenters. The molecule has 0 heterocycles. The summed E-state index contributed by atoms with van der Waals surface area (Å²) in [4.78, 5) is 2.16. The molecule has 0 saturated heterocycles. The highest BCUT2D eigenvalue weighted by atomic mass is 15.1. The summed E-state index contributed by atoms with van der Waals surface area (Å²) in [7, 11) is 0. The predicted octanol–water partition coefficient (Wildman–Crippen LogP) is 3.61. The topological polar surface area (TPSA) is 53.0 Å². The molecular weight excluding hydrogens is 234 g/mol. The van der Waals surface area contributed by atoms with Crippen LogP contribution < -0.4 is 10.6 Å². The largest absolute Gasteiger partial charge is 0.398 e. The quantitative estimate of drug-likeness (QED) is 0.848. The van der Waals surface area contributed by atoms with Gasteiger partial charge in [-0.15, -0.1) is 0 Å². The van der Waals surface area contributed by atoms with E-state index in [1.54, 1.807) is 6.07 Å². The maximum atomic E-state index is 9.06. The van der Waals surface area contributed by atoms with Gasteiger partial charge in [-0.25, -0.2) is 0 Å². The number of benzene rings is 2. The lowest BCUT2D eigenvalue weighted by Gasteiger charge is -2.24. The smallest absolute Gasteiger partial charge is 0.101 e. The average molecular weight is 251 g/mol. The first-order chi connectivity index (χ1) is 9.15. The first-order valence-corrected chi connectivity index (χ1v) is 6.29. The summed E-state index contributed by atoms with van der Waals surface area (Å²) >= 11 is 0. The maximum absolute atomic E-state index is 9.06. The minimum absolute atomic E-state index is 0.517. The molecule has 96 valence electrons. The van der Waals surface area contributed by atoms with E-state index in [2.05, 4.69) is 43.0 Å². The number of rotatable bonds is 3. The van der Waals surface area contributed by atoms with Crippen molar-refractivity contribution < 1.29 is 0 Å². The van der Waals surface area contributed by atoms with Gasteiger partial charge in [0.15, 0.2) is 0 Å². The van der Waals surface area contributed by atoms with Crippen molar-refractivity contribution in [3.63, 3.8) is 0 Å². The van der Waals surface area contributed by atoms with Gasteiger partial charge in [-0.05, 0) is 49.7 Å². The van der Waals surface area contributed by atoms with Crippen LogP contribution in [0.4, 0.5) is 17.1 Å². The average Bonchev–Trinajstić information content (AvgIpc) is 2.41. The van der Waals surface area contributed by atoms with Gasteiger partial charge in [0.25, 0.3) is 0 Å². The second kappa shape index (κ2) is 5.45. The summed E-state index contributed by atoms with van der Waals surface area (Å²) in [6.45, 7) is 4.99. The van der Waals surface area contributed by atoms with Crippen LogP contribution in [0.1, 0.15) is 18.1 Å². The van der Waals surface area contributed by atoms with Gasteiger partial charge in [0, 0.05) is 23.6 Å². The fraction of sp³-hybridized carbons (Fsp3) is 0.188. The van der Waals surface area contributed by atoms with E-state index in [1.165, 1.54) is 5.56 Å². The molecule has 2 rings (SSSR count). The second-order valence-electron chi connectivity index (χ2n) is 4.47. The van der Waals surface area contributed by atoms with Crippen molar-refractivity contribution in [2.45, 2.75) is 13.8 Å². The standard InChI is InChI=1S/C16H17N3/c1-3-19(14-6-4-5-12(2)9-14)15-7-8-16(18)13(10-15)11-17/h4-10H,3,18H2,1-2H3. The van der Waals surface area contributed by atoms with E-state index >= 15 is 0 Å². The number of nitrogens with zero attached hydrogens (tertiary/aromatic N) is 2. The molecule has 0 radical (unpaired) electrons. The highest BCUT2D eigenvalue weighted by molar-refractivity contribution is 5.69. The molecule has 3 nitrogen and oxygen atoms in total. The third-order valence-corrected chi connectivity index (χ3v) is 3.10. The van der Waals surface area contributed by atoms with Crippen molar-refractivity contribution in [1.29, 1.82) is 5.26 Å². The Balaban J connectivity index is 2.46. The number of anilines is 3. The van der Waals surface area contributed by atoms with Crippen LogP contribution in [0.2, 0.25) is 0 Å². The van der Waals surface area contributed by atoms with Gasteiger partial charge in [0.2, 0.25) is 0 Å². The summed E-state index contributed by atoms with van der Waals surface area (Å²) in [5.74, 6) is 0. The highest BCUT2D eigenvalue weighted by Gasteiger charge is 2.09. The Hall–Kier alpha value is -2.47. The molecule has 2 aromatic carbocycles. The summed E-state index contributed by atoms with van der Waals surface area (Å²) < 4.78 is 0. The molecule has 0 spiro atoms. The number of hydrogen-bond acceptors (Lipinski definition) is 3. The minimum atomic E-state index is 0.517. The van der Waals surface area contributed by atoms with Gasteiger partial charge in [-0.1, -0.05) is 12.1 Å². The lowest BCUT2D eigenvalue weighted by atomic mass is 10.1. The maximum Gasteiger partial charge on any atom is 0.101 e. The molecule has 0 bridgehead atoms. The lowest BCUT2D eigenvalue weighted by molar-refractivity contribution is 1.02. The Morgan fingerprint density at radius 2 is 1.89 bits per heavy atom. The predicted molar refractivity (Wildman–Crippen MR) is 79.4 cm³/mol. The van der Waals surface area contributed by atoms with Crippen LogP contribution >= 0.6 is 0 Å². The van der Waals surface area contributed by atoms with Crippen molar-refractivity contribution in [1.82, 2.24) is 0 Å². The molecule has 0 aliphatic carbocycles. The minimum Gasteiger partial charge on any atom is -0.398 e. The Morgan fingerprint density at radius 1 is 1.16 bits per heavy atom. The van der Waals surface area contributed by atoms with E-state index in [0.29, 0.717) is 11.3 Å². The van der Waals surface area contributed by atoms with Crippen LogP contribution in [0.25, 0.3) is 0 Å². The van der Waals surface area contributed by atoms with Crippen molar-refractivity contribution in [2.24, 2.45) is 0 Å². The molecule has 0 aliphatic rings. The summed E-state index contributed by atoms with van der Waals surface area (Å²) in [5, 5.41) is 9.06. The van der Waals surface area contributed by atoms with Crippen LogP contribution in [0.3, 0.4) is 0 Å². The first kappa shape index (κ1) is 13.0. The van der Waals surface area contributed by atoms with Gasteiger partial charge in [0.1, 0.15) is 6.07 Å². The molecular formula is C16H17N3. The van der Waals surface area contributed by atoms with Gasteiger partial charge in [0.05, 0.1) is 5.56 Å². The summed E-state index contributed by atoms with van der Waals surface area (Å²) in [6, 6.07) is 16.0. The molecule has 0 aromatic heterocycles. The molecule has 0 fully saturated rings. The number of nitriles is 1. The molecule has 0 saturated carbocycles. The fourth-order valence-electron chi connectivity index (χ4n) is 2.12. The van der Waals surface area contributed by atoms with E-state index in [4.69, 9.17) is 11.0 Å². The fourth-order valence-corrected chi connectivity index (χ4v) is 2.12. The monoisotopic (exact) mass is 251 g/mol. The number of hydrogen-bond donors (Lipinski definition) is 1. The van der Waals surface area contributed by atoms with Crippen molar-refractivity contribution in [3.8, 4) is 6.07 Å². The first-order valence-electron chi connectivity index (χ1n) is 6.29. The molecule has 0 atom stereocenters. The molecule has 3 heteroatoms. The van der Waals surface area contributed by atoms with Crippen molar-refractivity contribution in [3.05, 3.63) is 53.6 Å². The Morgan fingerprint density at radius 3 is 2.53 bits per heavy atom. The zero-order valence-corrected chi connectivity index (χ0v) is 11.2. The zero-order valence-electron chi connectivity index (χ0n) is 11.2. The van der Waals surface area contributed by atoms with Crippen LogP contribution in [0, 0.1) is 18.3 Å². The molecule has 0 aliphatic heterocycles. The SMILES string of the molecule is CCN(c1cccc(C)c1)c1ccc(N)c(C#N)c1. The lowest BCUT2D eigenvalue weighted by Crippen LogP contribution is -2.16. The van der Waals surface area contributed by atoms with Gasteiger partial charge < -0.3 is 10.6 Å². The van der Waals surface area contributed by atoms with Crippen LogP contribution in [-0.2, 0) is 0 Å². The van der Waals surface area contributed by atoms with Gasteiger partial charge in [-0.3, -0.25) is 0 Å². The van der Waals surface area contributed by atoms with Crippen LogP contribution in [0.15, 0.2) is 42.5 Å². The van der Waals surface area contributed by atoms with E-state index in [1.807, 2.05) is 18.2 Å². The normalized spacial score (nSPS) is 9.95. The van der Waals surface area contributed by atoms with Crippen LogP contribution in [0.5, 0.6) is 0 Å². The second-order valence-corrected chi connectivity index (χ2v) is 4.47. The van der Waals surface area contributed by atoms with E-state index in [9.17, 15) is 0 Å². The van der Waals surface area contributed by atoms with E-state index in [-0.39, 0.29) is 0 Å². The third-order valence-electron chi connectivity index (χ3n) is 3.10. The third kappa shape index (κ3) is 2.69. The molecule has 0 amide bonds. The Bertz CT molecular complexity index is 626. The Kier molecular flexibility index (Phi) is 3.72. The number of nitrogen functional groups attached to an aromatic ring is 1. The summed E-state index contributed by atoms with van der Waals surface area (Å²) in [5.41, 5.74) is 10.1. The molecule has 2 N–H and O–H groups in total. The molecule has 2 aromatic rings. The van der Waals surface area contributed by atoms with E-state index in [0.717, 1.165) is 17.9 Å². The number of nitrogens with two attached hydrogens (primary N) is 1. The van der Waals surface area contributed by atoms with Gasteiger partial charge >= 0.3 is 0 Å². The summed E-state index contributed by atoms with van der Waals surface area (Å²) in [6.07, 6.45) is 0. The van der Waals surface area contributed by atoms with E-state index < -0.39 is 0 Å². The Labute approximate surface area is 113 Å². The molecule has 19 heavy (non-hydrogen) atoms. The number of aryl methyl sites for hydroxylation is 1. The van der Waals surface area contributed by atoms with Crippen molar-refractivity contribution >= 4 is 17.1 Å². The highest BCUT2D eigenvalue weighted by Crippen LogP contribution is 2.28. The van der Waals surface area contributed by atoms with Crippen molar-refractivity contribution in [2.75, 3.05) is 17.2 Å². The zero-order chi connectivity index (χ0) is 13.8.